The van der Waals surface area contributed by atoms with Crippen molar-refractivity contribution in [1.82, 2.24) is 9.88 Å². The Bertz CT molecular complexity index is 691. The van der Waals surface area contributed by atoms with E-state index in [4.69, 9.17) is 11.6 Å². The molecule has 0 spiro atoms. The SMILES string of the molecule is O=C1C[C@@H](Sc2ccc(Cl)cc2)C(=O)N1Cc1ccncc1. The number of rotatable bonds is 4. The highest BCUT2D eigenvalue weighted by Gasteiger charge is 2.38. The van der Waals surface area contributed by atoms with Gasteiger partial charge in [-0.1, -0.05) is 11.6 Å². The molecule has 3 rings (SSSR count). The molecule has 0 unspecified atom stereocenters. The number of thioether (sulfide) groups is 1. The highest BCUT2D eigenvalue weighted by molar-refractivity contribution is 8.00. The molecule has 0 saturated carbocycles. The highest BCUT2D eigenvalue weighted by atomic mass is 35.5. The van der Waals surface area contributed by atoms with Crippen LogP contribution in [-0.2, 0) is 16.1 Å². The number of halogens is 1. The first-order chi connectivity index (χ1) is 10.6. The van der Waals surface area contributed by atoms with E-state index >= 15 is 0 Å². The van der Waals surface area contributed by atoms with Crippen molar-refractivity contribution in [3.05, 3.63) is 59.4 Å². The minimum Gasteiger partial charge on any atom is -0.277 e. The van der Waals surface area contributed by atoms with Crippen LogP contribution in [0.15, 0.2) is 53.7 Å². The molecule has 22 heavy (non-hydrogen) atoms. The molecule has 4 nitrogen and oxygen atoms in total. The number of hydrogen-bond acceptors (Lipinski definition) is 4. The van der Waals surface area contributed by atoms with Gasteiger partial charge >= 0.3 is 0 Å². The van der Waals surface area contributed by atoms with Crippen LogP contribution >= 0.6 is 23.4 Å². The van der Waals surface area contributed by atoms with Gasteiger partial charge in [0.05, 0.1) is 11.8 Å². The fourth-order valence-electron chi connectivity index (χ4n) is 2.26. The van der Waals surface area contributed by atoms with Crippen LogP contribution in [0.5, 0.6) is 0 Å². The zero-order valence-corrected chi connectivity index (χ0v) is 13.2. The number of benzene rings is 1. The fraction of sp³-hybridized carbons (Fsp3) is 0.188. The lowest BCUT2D eigenvalue weighted by molar-refractivity contribution is -0.138. The Balaban J connectivity index is 1.70. The second kappa shape index (κ2) is 6.50. The van der Waals surface area contributed by atoms with Gasteiger partial charge in [-0.25, -0.2) is 0 Å². The summed E-state index contributed by atoms with van der Waals surface area (Å²) in [4.78, 5) is 30.7. The third-order valence-corrected chi connectivity index (χ3v) is 4.83. The Morgan fingerprint density at radius 3 is 2.50 bits per heavy atom. The first kappa shape index (κ1) is 15.1. The van der Waals surface area contributed by atoms with Gasteiger partial charge in [-0.05, 0) is 42.0 Å². The minimum atomic E-state index is -0.365. The summed E-state index contributed by atoms with van der Waals surface area (Å²) in [6, 6.07) is 10.9. The number of carbonyl (C=O) groups excluding carboxylic acids is 2. The second-order valence-corrected chi connectivity index (χ2v) is 6.65. The van der Waals surface area contributed by atoms with Gasteiger partial charge in [-0.15, -0.1) is 11.8 Å². The Hall–Kier alpha value is -1.85. The first-order valence-electron chi connectivity index (χ1n) is 6.79. The Labute approximate surface area is 137 Å². The van der Waals surface area contributed by atoms with Crippen LogP contribution in [0.4, 0.5) is 0 Å². The zero-order valence-electron chi connectivity index (χ0n) is 11.6. The van der Waals surface area contributed by atoms with Crippen molar-refractivity contribution in [2.24, 2.45) is 0 Å². The zero-order chi connectivity index (χ0) is 15.5. The van der Waals surface area contributed by atoms with Crippen LogP contribution in [0.1, 0.15) is 12.0 Å². The van der Waals surface area contributed by atoms with Crippen molar-refractivity contribution in [1.29, 1.82) is 0 Å². The van der Waals surface area contributed by atoms with Crippen molar-refractivity contribution in [3.63, 3.8) is 0 Å². The summed E-state index contributed by atoms with van der Waals surface area (Å²) in [6.07, 6.45) is 3.54. The molecular formula is C16H13ClN2O2S. The minimum absolute atomic E-state index is 0.131. The van der Waals surface area contributed by atoms with Gasteiger partial charge in [0.2, 0.25) is 11.8 Å². The average molecular weight is 333 g/mol. The number of aromatic nitrogens is 1. The number of amides is 2. The molecule has 1 aromatic carbocycles. The van der Waals surface area contributed by atoms with Crippen LogP contribution in [0, 0.1) is 0 Å². The van der Waals surface area contributed by atoms with E-state index in [-0.39, 0.29) is 23.5 Å². The summed E-state index contributed by atoms with van der Waals surface area (Å²) < 4.78 is 0. The smallest absolute Gasteiger partial charge is 0.243 e. The van der Waals surface area contributed by atoms with Crippen molar-refractivity contribution in [3.8, 4) is 0 Å². The van der Waals surface area contributed by atoms with E-state index in [9.17, 15) is 9.59 Å². The van der Waals surface area contributed by atoms with Gasteiger partial charge in [0, 0.05) is 28.7 Å². The van der Waals surface area contributed by atoms with Crippen molar-refractivity contribution >= 4 is 35.2 Å². The van der Waals surface area contributed by atoms with E-state index in [2.05, 4.69) is 4.98 Å². The molecule has 1 saturated heterocycles. The van der Waals surface area contributed by atoms with E-state index in [1.165, 1.54) is 16.7 Å². The topological polar surface area (TPSA) is 50.3 Å². The molecule has 0 bridgehead atoms. The number of nitrogens with zero attached hydrogens (tertiary/aromatic N) is 2. The number of pyridine rings is 1. The first-order valence-corrected chi connectivity index (χ1v) is 8.04. The van der Waals surface area contributed by atoms with E-state index < -0.39 is 0 Å². The quantitative estimate of drug-likeness (QED) is 0.807. The molecule has 112 valence electrons. The lowest BCUT2D eigenvalue weighted by atomic mass is 10.2. The third kappa shape index (κ3) is 3.31. The summed E-state index contributed by atoms with van der Waals surface area (Å²) in [5.74, 6) is -0.268. The van der Waals surface area contributed by atoms with Gasteiger partial charge in [0.1, 0.15) is 0 Å². The molecule has 1 aromatic heterocycles. The highest BCUT2D eigenvalue weighted by Crippen LogP contribution is 2.32. The van der Waals surface area contributed by atoms with Crippen LogP contribution in [0.3, 0.4) is 0 Å². The normalized spacial score (nSPS) is 18.0. The number of carbonyl (C=O) groups is 2. The maximum atomic E-state index is 12.4. The molecule has 0 radical (unpaired) electrons. The summed E-state index contributed by atoms with van der Waals surface area (Å²) in [5.41, 5.74) is 0.897. The maximum absolute atomic E-state index is 12.4. The Morgan fingerprint density at radius 1 is 1.14 bits per heavy atom. The molecule has 1 atom stereocenters. The Kier molecular flexibility index (Phi) is 4.45. The maximum Gasteiger partial charge on any atom is 0.243 e. The van der Waals surface area contributed by atoms with Crippen molar-refractivity contribution < 1.29 is 9.59 Å². The van der Waals surface area contributed by atoms with Crippen LogP contribution < -0.4 is 0 Å². The van der Waals surface area contributed by atoms with Gasteiger partial charge in [-0.2, -0.15) is 0 Å². The number of hydrogen-bond donors (Lipinski definition) is 0. The largest absolute Gasteiger partial charge is 0.277 e. The molecule has 1 aliphatic rings. The standard InChI is InChI=1S/C16H13ClN2O2S/c17-12-1-3-13(4-2-12)22-14-9-15(20)19(16(14)21)10-11-5-7-18-8-6-11/h1-8,14H,9-10H2/t14-/m1/s1. The van der Waals surface area contributed by atoms with E-state index in [0.29, 0.717) is 11.6 Å². The Morgan fingerprint density at radius 2 is 1.82 bits per heavy atom. The summed E-state index contributed by atoms with van der Waals surface area (Å²) in [5, 5.41) is 0.285. The predicted molar refractivity (Wildman–Crippen MR) is 85.5 cm³/mol. The molecule has 2 aromatic rings. The monoisotopic (exact) mass is 332 g/mol. The molecule has 2 amide bonds. The predicted octanol–water partition coefficient (Wildman–Crippen LogP) is 3.15. The van der Waals surface area contributed by atoms with E-state index in [1.54, 1.807) is 36.7 Å². The molecule has 2 heterocycles. The molecule has 0 N–H and O–H groups in total. The van der Waals surface area contributed by atoms with Crippen molar-refractivity contribution in [2.75, 3.05) is 0 Å². The molecule has 6 heteroatoms. The van der Waals surface area contributed by atoms with Crippen LogP contribution in [0.25, 0.3) is 0 Å². The lowest BCUT2D eigenvalue weighted by Crippen LogP contribution is -2.30. The number of imide groups is 1. The fourth-order valence-corrected chi connectivity index (χ4v) is 3.46. The van der Waals surface area contributed by atoms with E-state index in [0.717, 1.165) is 10.5 Å². The summed E-state index contributed by atoms with van der Waals surface area (Å²) >= 11 is 7.25. The molecule has 1 fully saturated rings. The molecular weight excluding hydrogens is 320 g/mol. The number of likely N-dealkylation sites (tertiary alicyclic amines) is 1. The van der Waals surface area contributed by atoms with Gasteiger partial charge in [0.25, 0.3) is 0 Å². The third-order valence-electron chi connectivity index (χ3n) is 3.38. The van der Waals surface area contributed by atoms with Crippen molar-refractivity contribution in [2.45, 2.75) is 23.1 Å². The summed E-state index contributed by atoms with van der Waals surface area (Å²) in [6.45, 7) is 0.303. The average Bonchev–Trinajstić information content (AvgIpc) is 2.78. The van der Waals surface area contributed by atoms with Gasteiger partial charge in [0.15, 0.2) is 0 Å². The van der Waals surface area contributed by atoms with Crippen LogP contribution in [-0.4, -0.2) is 26.9 Å². The van der Waals surface area contributed by atoms with E-state index in [1.807, 2.05) is 12.1 Å². The molecule has 1 aliphatic heterocycles. The summed E-state index contributed by atoms with van der Waals surface area (Å²) in [7, 11) is 0. The lowest BCUT2D eigenvalue weighted by Gasteiger charge is -2.14. The second-order valence-electron chi connectivity index (χ2n) is 4.94. The van der Waals surface area contributed by atoms with Crippen LogP contribution in [0.2, 0.25) is 5.02 Å². The van der Waals surface area contributed by atoms with Gasteiger partial charge < -0.3 is 0 Å². The molecule has 0 aliphatic carbocycles. The van der Waals surface area contributed by atoms with Gasteiger partial charge in [-0.3, -0.25) is 19.5 Å².